The van der Waals surface area contributed by atoms with Gasteiger partial charge in [0.05, 0.1) is 0 Å². The Bertz CT molecular complexity index is 427. The highest BCUT2D eigenvalue weighted by Gasteiger charge is 2.25. The van der Waals surface area contributed by atoms with E-state index >= 15 is 0 Å². The van der Waals surface area contributed by atoms with Gasteiger partial charge in [0, 0.05) is 25.5 Å². The van der Waals surface area contributed by atoms with Crippen LogP contribution in [0.5, 0.6) is 0 Å². The Hall–Kier alpha value is -1.44. The molecule has 0 fully saturated rings. The molecule has 0 saturated heterocycles. The zero-order valence-electron chi connectivity index (χ0n) is 14.4. The third-order valence-electron chi connectivity index (χ3n) is 4.56. The second-order valence-electron chi connectivity index (χ2n) is 6.27. The van der Waals surface area contributed by atoms with Crippen LogP contribution < -0.4 is 0 Å². The predicted molar refractivity (Wildman–Crippen MR) is 95.4 cm³/mol. The van der Waals surface area contributed by atoms with Crippen molar-refractivity contribution < 1.29 is 0 Å². The van der Waals surface area contributed by atoms with Crippen LogP contribution >= 0.6 is 0 Å². The van der Waals surface area contributed by atoms with Crippen molar-refractivity contribution in [1.82, 2.24) is 9.80 Å². The van der Waals surface area contributed by atoms with Gasteiger partial charge in [0.2, 0.25) is 0 Å². The van der Waals surface area contributed by atoms with Crippen LogP contribution in [-0.4, -0.2) is 22.9 Å². The molecule has 22 heavy (non-hydrogen) atoms. The van der Waals surface area contributed by atoms with E-state index in [-0.39, 0.29) is 0 Å². The number of nitrogens with zero attached hydrogens (tertiary/aromatic N) is 2. The molecule has 0 radical (unpaired) electrons. The summed E-state index contributed by atoms with van der Waals surface area (Å²) in [5, 5.41) is 0. The summed E-state index contributed by atoms with van der Waals surface area (Å²) in [6.45, 7) is 6.74. The van der Waals surface area contributed by atoms with Crippen molar-refractivity contribution in [3.63, 3.8) is 0 Å². The molecule has 0 saturated carbocycles. The van der Waals surface area contributed by atoms with E-state index in [1.807, 2.05) is 0 Å². The minimum absolute atomic E-state index is 0.395. The Balaban J connectivity index is 1.78. The van der Waals surface area contributed by atoms with Crippen molar-refractivity contribution in [2.24, 2.45) is 0 Å². The molecule has 1 aromatic carbocycles. The molecule has 0 amide bonds. The average Bonchev–Trinajstić information content (AvgIpc) is 2.98. The Morgan fingerprint density at radius 1 is 0.773 bits per heavy atom. The lowest BCUT2D eigenvalue weighted by atomic mass is 10.1. The maximum absolute atomic E-state index is 2.50. The van der Waals surface area contributed by atoms with Crippen molar-refractivity contribution in [3.05, 3.63) is 48.3 Å². The maximum Gasteiger partial charge on any atom is 0.127 e. The van der Waals surface area contributed by atoms with Crippen molar-refractivity contribution in [2.45, 2.75) is 65.0 Å². The van der Waals surface area contributed by atoms with E-state index < -0.39 is 0 Å². The lowest BCUT2D eigenvalue weighted by Crippen LogP contribution is -2.31. The van der Waals surface area contributed by atoms with Crippen LogP contribution in [0.2, 0.25) is 0 Å². The van der Waals surface area contributed by atoms with Gasteiger partial charge in [-0.2, -0.15) is 0 Å². The number of hydrogen-bond acceptors (Lipinski definition) is 2. The van der Waals surface area contributed by atoms with E-state index in [1.165, 1.54) is 57.1 Å². The fraction of sp³-hybridized carbons (Fsp3) is 0.600. The quantitative estimate of drug-likeness (QED) is 0.523. The molecule has 1 aromatic rings. The summed E-state index contributed by atoms with van der Waals surface area (Å²) >= 11 is 0. The Morgan fingerprint density at radius 3 is 2.09 bits per heavy atom. The number of hydrogen-bond donors (Lipinski definition) is 0. The number of rotatable bonds is 10. The van der Waals surface area contributed by atoms with Crippen LogP contribution in [0.4, 0.5) is 0 Å². The van der Waals surface area contributed by atoms with Gasteiger partial charge >= 0.3 is 0 Å². The van der Waals surface area contributed by atoms with Gasteiger partial charge in [-0.05, 0) is 18.9 Å². The Kier molecular flexibility index (Phi) is 7.35. The third kappa shape index (κ3) is 4.79. The largest absolute Gasteiger partial charge is 0.353 e. The van der Waals surface area contributed by atoms with Crippen molar-refractivity contribution in [1.29, 1.82) is 0 Å². The summed E-state index contributed by atoms with van der Waals surface area (Å²) in [5.41, 5.74) is 1.40. The molecular formula is C20H32N2. The third-order valence-corrected chi connectivity index (χ3v) is 4.56. The smallest absolute Gasteiger partial charge is 0.127 e. The summed E-state index contributed by atoms with van der Waals surface area (Å²) in [4.78, 5) is 4.93. The molecule has 2 heteroatoms. The van der Waals surface area contributed by atoms with E-state index in [9.17, 15) is 0 Å². The maximum atomic E-state index is 2.50. The van der Waals surface area contributed by atoms with Crippen LogP contribution in [-0.2, 0) is 0 Å². The first kappa shape index (κ1) is 16.9. The van der Waals surface area contributed by atoms with Gasteiger partial charge in [-0.1, -0.05) is 75.8 Å². The molecular weight excluding hydrogens is 268 g/mol. The SMILES string of the molecule is CCCCCCCCCN1C=CN(CC)C1c1ccccc1. The summed E-state index contributed by atoms with van der Waals surface area (Å²) < 4.78 is 0. The fourth-order valence-corrected chi connectivity index (χ4v) is 3.26. The average molecular weight is 300 g/mol. The molecule has 122 valence electrons. The second-order valence-corrected chi connectivity index (χ2v) is 6.27. The fourth-order valence-electron chi connectivity index (χ4n) is 3.26. The summed E-state index contributed by atoms with van der Waals surface area (Å²) in [6, 6.07) is 10.9. The van der Waals surface area contributed by atoms with E-state index in [0.717, 1.165) is 6.54 Å². The monoisotopic (exact) mass is 300 g/mol. The first-order chi connectivity index (χ1) is 10.9. The molecule has 0 bridgehead atoms. The van der Waals surface area contributed by atoms with Crippen LogP contribution in [0.25, 0.3) is 0 Å². The molecule has 0 aromatic heterocycles. The van der Waals surface area contributed by atoms with Crippen molar-refractivity contribution in [3.8, 4) is 0 Å². The van der Waals surface area contributed by atoms with Gasteiger partial charge in [0.25, 0.3) is 0 Å². The lowest BCUT2D eigenvalue weighted by molar-refractivity contribution is 0.157. The molecule has 0 aliphatic carbocycles. The molecule has 2 nitrogen and oxygen atoms in total. The van der Waals surface area contributed by atoms with Gasteiger partial charge in [-0.25, -0.2) is 0 Å². The minimum atomic E-state index is 0.395. The normalized spacial score (nSPS) is 17.5. The van der Waals surface area contributed by atoms with E-state index in [4.69, 9.17) is 0 Å². The molecule has 1 aliphatic heterocycles. The summed E-state index contributed by atoms with van der Waals surface area (Å²) in [7, 11) is 0. The highest BCUT2D eigenvalue weighted by atomic mass is 15.4. The van der Waals surface area contributed by atoms with Crippen LogP contribution in [0.15, 0.2) is 42.7 Å². The predicted octanol–water partition coefficient (Wildman–Crippen LogP) is 5.54. The molecule has 2 rings (SSSR count). The van der Waals surface area contributed by atoms with Gasteiger partial charge in [-0.15, -0.1) is 0 Å². The van der Waals surface area contributed by atoms with Crippen LogP contribution in [0, 0.1) is 0 Å². The van der Waals surface area contributed by atoms with E-state index in [0.29, 0.717) is 6.17 Å². The van der Waals surface area contributed by atoms with Crippen molar-refractivity contribution >= 4 is 0 Å². The zero-order chi connectivity index (χ0) is 15.6. The minimum Gasteiger partial charge on any atom is -0.353 e. The first-order valence-corrected chi connectivity index (χ1v) is 9.11. The molecule has 1 aliphatic rings. The van der Waals surface area contributed by atoms with Crippen molar-refractivity contribution in [2.75, 3.05) is 13.1 Å². The lowest BCUT2D eigenvalue weighted by Gasteiger charge is -2.32. The Labute approximate surface area is 136 Å². The Morgan fingerprint density at radius 2 is 1.41 bits per heavy atom. The second kappa shape index (κ2) is 9.55. The van der Waals surface area contributed by atoms with Gasteiger partial charge in [0.1, 0.15) is 6.17 Å². The van der Waals surface area contributed by atoms with Gasteiger partial charge in [-0.3, -0.25) is 0 Å². The standard InChI is InChI=1S/C20H32N2/c1-3-5-6-7-8-9-13-16-22-18-17-21(4-2)20(22)19-14-11-10-12-15-19/h10-12,14-15,17-18,20H,3-9,13,16H2,1-2H3. The van der Waals surface area contributed by atoms with Gasteiger partial charge < -0.3 is 9.80 Å². The molecule has 0 N–H and O–H groups in total. The number of unbranched alkanes of at least 4 members (excludes halogenated alkanes) is 6. The first-order valence-electron chi connectivity index (χ1n) is 9.11. The molecule has 1 atom stereocenters. The summed E-state index contributed by atoms with van der Waals surface area (Å²) in [5.74, 6) is 0. The molecule has 0 spiro atoms. The molecule has 1 unspecified atom stereocenters. The highest BCUT2D eigenvalue weighted by Crippen LogP contribution is 2.30. The zero-order valence-corrected chi connectivity index (χ0v) is 14.4. The van der Waals surface area contributed by atoms with Crippen LogP contribution in [0.1, 0.15) is 70.5 Å². The molecule has 1 heterocycles. The highest BCUT2D eigenvalue weighted by molar-refractivity contribution is 5.21. The van der Waals surface area contributed by atoms with E-state index in [2.05, 4.69) is 66.4 Å². The van der Waals surface area contributed by atoms with Gasteiger partial charge in [0.15, 0.2) is 0 Å². The number of benzene rings is 1. The van der Waals surface area contributed by atoms with Crippen LogP contribution in [0.3, 0.4) is 0 Å². The topological polar surface area (TPSA) is 6.48 Å². The summed E-state index contributed by atoms with van der Waals surface area (Å²) in [6.07, 6.45) is 14.5. The van der Waals surface area contributed by atoms with E-state index in [1.54, 1.807) is 0 Å².